The van der Waals surface area contributed by atoms with Gasteiger partial charge in [-0.1, -0.05) is 75.8 Å². The first-order chi connectivity index (χ1) is 8.07. The van der Waals surface area contributed by atoms with Crippen molar-refractivity contribution in [3.05, 3.63) is 59.3 Å². The molecule has 0 nitrogen and oxygen atoms in total. The van der Waals surface area contributed by atoms with Gasteiger partial charge >= 0.3 is 0 Å². The van der Waals surface area contributed by atoms with Crippen molar-refractivity contribution in [3.8, 4) is 0 Å². The summed E-state index contributed by atoms with van der Waals surface area (Å²) in [6.07, 6.45) is 16.8. The minimum absolute atomic E-state index is 0.173. The van der Waals surface area contributed by atoms with Crippen LogP contribution < -0.4 is 0 Å². The highest BCUT2D eigenvalue weighted by Crippen LogP contribution is 2.29. The van der Waals surface area contributed by atoms with Crippen molar-refractivity contribution >= 4 is 0 Å². The lowest BCUT2D eigenvalue weighted by Crippen LogP contribution is -2.00. The topological polar surface area (TPSA) is 0 Å². The molecule has 0 heteroatoms. The average Bonchev–Trinajstić information content (AvgIpc) is 2.57. The zero-order valence-corrected chi connectivity index (χ0v) is 11.7. The van der Waals surface area contributed by atoms with E-state index in [1.807, 2.05) is 13.8 Å². The first-order valence-electron chi connectivity index (χ1n) is 6.53. The zero-order valence-electron chi connectivity index (χ0n) is 11.7. The summed E-state index contributed by atoms with van der Waals surface area (Å²) in [5.41, 5.74) is 4.27. The van der Waals surface area contributed by atoms with Gasteiger partial charge in [-0.2, -0.15) is 0 Å². The van der Waals surface area contributed by atoms with E-state index in [4.69, 9.17) is 0 Å². The Morgan fingerprint density at radius 3 is 2.18 bits per heavy atom. The van der Waals surface area contributed by atoms with Gasteiger partial charge in [0, 0.05) is 5.41 Å². The van der Waals surface area contributed by atoms with E-state index in [1.165, 1.54) is 16.7 Å². The molecule has 0 heterocycles. The lowest BCUT2D eigenvalue weighted by atomic mass is 9.93. The van der Waals surface area contributed by atoms with Gasteiger partial charge in [-0.05, 0) is 24.5 Å². The fraction of sp³-hybridized carbons (Fsp3) is 0.412. The molecule has 0 saturated heterocycles. The summed E-state index contributed by atoms with van der Waals surface area (Å²) in [6, 6.07) is 0. The second kappa shape index (κ2) is 5.86. The highest BCUT2D eigenvalue weighted by molar-refractivity contribution is 5.52. The standard InChI is InChI=1S/C15H18.C2H6/c1-12-4-6-13-8-10-15(2,3)11-9-14(13)7-5-12;1-2/h4,6-11H,5H2,1-3H3;1-2H3. The molecular weight excluding hydrogens is 204 g/mol. The Balaban J connectivity index is 0.000000686. The largest absolute Gasteiger partial charge is 0.0745 e. The molecule has 0 aromatic carbocycles. The van der Waals surface area contributed by atoms with Gasteiger partial charge in [-0.15, -0.1) is 0 Å². The average molecular weight is 228 g/mol. The molecular formula is C17H24. The van der Waals surface area contributed by atoms with E-state index in [2.05, 4.69) is 63.3 Å². The molecule has 0 fully saturated rings. The van der Waals surface area contributed by atoms with Gasteiger partial charge in [0.2, 0.25) is 0 Å². The molecule has 2 aliphatic carbocycles. The Hall–Kier alpha value is -1.30. The third kappa shape index (κ3) is 3.89. The van der Waals surface area contributed by atoms with Gasteiger partial charge in [0.15, 0.2) is 0 Å². The normalized spacial score (nSPS) is 20.9. The minimum Gasteiger partial charge on any atom is -0.0745 e. The van der Waals surface area contributed by atoms with Crippen molar-refractivity contribution in [2.45, 2.75) is 41.0 Å². The van der Waals surface area contributed by atoms with Crippen molar-refractivity contribution in [2.24, 2.45) is 5.41 Å². The molecule has 0 aromatic rings. The SMILES string of the molecule is CC.CC1=CC=C2C=CC(C)(C)C=CC2=CC1. The van der Waals surface area contributed by atoms with Crippen molar-refractivity contribution in [1.82, 2.24) is 0 Å². The van der Waals surface area contributed by atoms with Gasteiger partial charge in [0.25, 0.3) is 0 Å². The summed E-state index contributed by atoms with van der Waals surface area (Å²) in [5, 5.41) is 0. The molecule has 0 unspecified atom stereocenters. The van der Waals surface area contributed by atoms with Crippen molar-refractivity contribution < 1.29 is 0 Å². The monoisotopic (exact) mass is 228 g/mol. The fourth-order valence-electron chi connectivity index (χ4n) is 1.77. The first kappa shape index (κ1) is 13.8. The summed E-state index contributed by atoms with van der Waals surface area (Å²) in [4.78, 5) is 0. The van der Waals surface area contributed by atoms with Gasteiger partial charge in [-0.25, -0.2) is 0 Å². The maximum atomic E-state index is 2.31. The van der Waals surface area contributed by atoms with Crippen LogP contribution in [0.2, 0.25) is 0 Å². The van der Waals surface area contributed by atoms with E-state index in [0.717, 1.165) is 6.42 Å². The molecule has 0 aromatic heterocycles. The molecule has 0 N–H and O–H groups in total. The van der Waals surface area contributed by atoms with Crippen molar-refractivity contribution in [3.63, 3.8) is 0 Å². The molecule has 0 bridgehead atoms. The Morgan fingerprint density at radius 1 is 0.941 bits per heavy atom. The maximum absolute atomic E-state index is 2.31. The second-order valence-electron chi connectivity index (χ2n) is 4.99. The summed E-state index contributed by atoms with van der Waals surface area (Å²) in [7, 11) is 0. The van der Waals surface area contributed by atoms with Crippen molar-refractivity contribution in [2.75, 3.05) is 0 Å². The summed E-state index contributed by atoms with van der Waals surface area (Å²) >= 11 is 0. The van der Waals surface area contributed by atoms with Gasteiger partial charge in [0.1, 0.15) is 0 Å². The molecule has 0 radical (unpaired) electrons. The van der Waals surface area contributed by atoms with Crippen LogP contribution in [-0.2, 0) is 0 Å². The van der Waals surface area contributed by atoms with Crippen LogP contribution in [0, 0.1) is 5.41 Å². The summed E-state index contributed by atoms with van der Waals surface area (Å²) < 4.78 is 0. The lowest BCUT2D eigenvalue weighted by molar-refractivity contribution is 0.627. The second-order valence-corrected chi connectivity index (χ2v) is 4.99. The van der Waals surface area contributed by atoms with Crippen LogP contribution in [0.25, 0.3) is 0 Å². The van der Waals surface area contributed by atoms with E-state index in [9.17, 15) is 0 Å². The fourth-order valence-corrected chi connectivity index (χ4v) is 1.77. The predicted molar refractivity (Wildman–Crippen MR) is 77.9 cm³/mol. The number of allylic oxidation sites excluding steroid dienone is 10. The Kier molecular flexibility index (Phi) is 4.74. The molecule has 92 valence electrons. The molecule has 0 spiro atoms. The van der Waals surface area contributed by atoms with Crippen LogP contribution in [0.3, 0.4) is 0 Å². The number of hydrogen-bond donors (Lipinski definition) is 0. The smallest absolute Gasteiger partial charge is 0.00111 e. The Morgan fingerprint density at radius 2 is 1.53 bits per heavy atom. The van der Waals surface area contributed by atoms with Gasteiger partial charge < -0.3 is 0 Å². The van der Waals surface area contributed by atoms with Crippen LogP contribution in [0.15, 0.2) is 59.3 Å². The van der Waals surface area contributed by atoms with E-state index < -0.39 is 0 Å². The van der Waals surface area contributed by atoms with Crippen LogP contribution in [0.4, 0.5) is 0 Å². The number of rotatable bonds is 0. The molecule has 0 saturated carbocycles. The summed E-state index contributed by atoms with van der Waals surface area (Å²) in [6.45, 7) is 10.6. The predicted octanol–water partition coefficient (Wildman–Crippen LogP) is 5.37. The van der Waals surface area contributed by atoms with E-state index in [0.29, 0.717) is 0 Å². The molecule has 0 atom stereocenters. The quantitative estimate of drug-likeness (QED) is 0.523. The Bertz CT molecular complexity index is 409. The molecule has 17 heavy (non-hydrogen) atoms. The van der Waals surface area contributed by atoms with Gasteiger partial charge in [-0.3, -0.25) is 0 Å². The molecule has 0 aliphatic heterocycles. The van der Waals surface area contributed by atoms with Crippen LogP contribution in [-0.4, -0.2) is 0 Å². The molecule has 0 amide bonds. The third-order valence-electron chi connectivity index (χ3n) is 2.91. The third-order valence-corrected chi connectivity index (χ3v) is 2.91. The zero-order chi connectivity index (χ0) is 12.9. The molecule has 2 aliphatic rings. The van der Waals surface area contributed by atoms with E-state index >= 15 is 0 Å². The summed E-state index contributed by atoms with van der Waals surface area (Å²) in [5.74, 6) is 0. The lowest BCUT2D eigenvalue weighted by Gasteiger charge is -2.11. The maximum Gasteiger partial charge on any atom is 0.00111 e. The Labute approximate surface area is 106 Å². The van der Waals surface area contributed by atoms with Crippen LogP contribution in [0.5, 0.6) is 0 Å². The highest BCUT2D eigenvalue weighted by atomic mass is 14.2. The van der Waals surface area contributed by atoms with E-state index in [-0.39, 0.29) is 5.41 Å². The van der Waals surface area contributed by atoms with Crippen molar-refractivity contribution in [1.29, 1.82) is 0 Å². The first-order valence-corrected chi connectivity index (χ1v) is 6.53. The van der Waals surface area contributed by atoms with Crippen LogP contribution in [0.1, 0.15) is 41.0 Å². The number of hydrogen-bond acceptors (Lipinski definition) is 0. The van der Waals surface area contributed by atoms with Crippen LogP contribution >= 0.6 is 0 Å². The minimum atomic E-state index is 0.173. The number of fused-ring (bicyclic) bond motifs is 1. The highest BCUT2D eigenvalue weighted by Gasteiger charge is 2.13. The van der Waals surface area contributed by atoms with Gasteiger partial charge in [0.05, 0.1) is 0 Å². The molecule has 2 rings (SSSR count). The van der Waals surface area contributed by atoms with E-state index in [1.54, 1.807) is 0 Å².